The zero-order chi connectivity index (χ0) is 17.9. The summed E-state index contributed by atoms with van der Waals surface area (Å²) < 4.78 is 11.0. The maximum Gasteiger partial charge on any atom is 0.293 e. The molecule has 6 heteroatoms. The highest BCUT2D eigenvalue weighted by molar-refractivity contribution is 7.14. The Bertz CT molecular complexity index is 1050. The fourth-order valence-electron chi connectivity index (χ4n) is 2.80. The molecule has 5 nitrogen and oxygen atoms in total. The summed E-state index contributed by atoms with van der Waals surface area (Å²) in [6.45, 7) is 0.299. The first-order chi connectivity index (χ1) is 12.8. The van der Waals surface area contributed by atoms with Crippen molar-refractivity contribution in [2.45, 2.75) is 6.61 Å². The molecule has 4 aromatic rings. The van der Waals surface area contributed by atoms with E-state index in [2.05, 4.69) is 10.3 Å². The zero-order valence-electron chi connectivity index (χ0n) is 14.1. The SMILES string of the molecule is COCc1c(C(=O)Nc2nc(-c3ccccc3)cs2)oc2ccccc12. The second-order valence-electron chi connectivity index (χ2n) is 5.70. The number of methoxy groups -OCH3 is 1. The number of anilines is 1. The van der Waals surface area contributed by atoms with E-state index in [4.69, 9.17) is 9.15 Å². The Balaban J connectivity index is 1.62. The Morgan fingerprint density at radius 1 is 1.15 bits per heavy atom. The maximum absolute atomic E-state index is 12.7. The molecule has 2 aromatic carbocycles. The topological polar surface area (TPSA) is 64.4 Å². The largest absolute Gasteiger partial charge is 0.451 e. The summed E-state index contributed by atoms with van der Waals surface area (Å²) in [6, 6.07) is 17.4. The van der Waals surface area contributed by atoms with E-state index in [9.17, 15) is 4.79 Å². The van der Waals surface area contributed by atoms with Crippen LogP contribution >= 0.6 is 11.3 Å². The molecule has 1 N–H and O–H groups in total. The van der Waals surface area contributed by atoms with Crippen molar-refractivity contribution in [2.75, 3.05) is 12.4 Å². The summed E-state index contributed by atoms with van der Waals surface area (Å²) in [5, 5.41) is 6.15. The minimum atomic E-state index is -0.331. The van der Waals surface area contributed by atoms with Crippen molar-refractivity contribution < 1.29 is 13.9 Å². The van der Waals surface area contributed by atoms with E-state index in [-0.39, 0.29) is 11.7 Å². The summed E-state index contributed by atoms with van der Waals surface area (Å²) in [4.78, 5) is 17.2. The average Bonchev–Trinajstić information content (AvgIpc) is 3.28. The van der Waals surface area contributed by atoms with E-state index < -0.39 is 0 Å². The Morgan fingerprint density at radius 2 is 1.92 bits per heavy atom. The van der Waals surface area contributed by atoms with Crippen LogP contribution in [0.2, 0.25) is 0 Å². The molecule has 2 aromatic heterocycles. The normalized spacial score (nSPS) is 11.0. The Labute approximate surface area is 154 Å². The molecule has 0 aliphatic rings. The van der Waals surface area contributed by atoms with Gasteiger partial charge in [-0.15, -0.1) is 11.3 Å². The lowest BCUT2D eigenvalue weighted by molar-refractivity contribution is 0.0992. The third-order valence-electron chi connectivity index (χ3n) is 3.99. The molecule has 0 radical (unpaired) electrons. The number of amides is 1. The van der Waals surface area contributed by atoms with E-state index in [0.717, 1.165) is 22.2 Å². The zero-order valence-corrected chi connectivity index (χ0v) is 14.9. The van der Waals surface area contributed by atoms with Gasteiger partial charge in [-0.2, -0.15) is 0 Å². The van der Waals surface area contributed by atoms with Gasteiger partial charge in [0.1, 0.15) is 5.58 Å². The van der Waals surface area contributed by atoms with Crippen molar-refractivity contribution in [3.05, 3.63) is 71.3 Å². The van der Waals surface area contributed by atoms with E-state index >= 15 is 0 Å². The quantitative estimate of drug-likeness (QED) is 0.544. The third kappa shape index (κ3) is 3.12. The van der Waals surface area contributed by atoms with Crippen LogP contribution in [0.5, 0.6) is 0 Å². The lowest BCUT2D eigenvalue weighted by Gasteiger charge is -2.02. The van der Waals surface area contributed by atoms with Gasteiger partial charge in [-0.1, -0.05) is 48.5 Å². The first-order valence-corrected chi connectivity index (χ1v) is 8.96. The van der Waals surface area contributed by atoms with Gasteiger partial charge in [0.2, 0.25) is 0 Å². The third-order valence-corrected chi connectivity index (χ3v) is 4.75. The second kappa shape index (κ2) is 7.11. The number of ether oxygens (including phenoxy) is 1. The number of benzene rings is 2. The van der Waals surface area contributed by atoms with Gasteiger partial charge in [0.15, 0.2) is 10.9 Å². The minimum absolute atomic E-state index is 0.254. The molecule has 130 valence electrons. The van der Waals surface area contributed by atoms with Crippen LogP contribution in [0.25, 0.3) is 22.2 Å². The van der Waals surface area contributed by atoms with E-state index in [1.807, 2.05) is 60.0 Å². The molecular weight excluding hydrogens is 348 g/mol. The van der Waals surface area contributed by atoms with Gasteiger partial charge < -0.3 is 9.15 Å². The minimum Gasteiger partial charge on any atom is -0.451 e. The molecule has 2 heterocycles. The molecule has 0 aliphatic heterocycles. The van der Waals surface area contributed by atoms with E-state index in [1.54, 1.807) is 7.11 Å². The van der Waals surface area contributed by atoms with Gasteiger partial charge in [0.25, 0.3) is 5.91 Å². The molecule has 0 saturated heterocycles. The summed E-state index contributed by atoms with van der Waals surface area (Å²) >= 11 is 1.38. The number of nitrogens with zero attached hydrogens (tertiary/aromatic N) is 1. The van der Waals surface area contributed by atoms with E-state index in [1.165, 1.54) is 11.3 Å². The van der Waals surface area contributed by atoms with Crippen molar-refractivity contribution in [1.82, 2.24) is 4.98 Å². The highest BCUT2D eigenvalue weighted by Gasteiger charge is 2.21. The van der Waals surface area contributed by atoms with Gasteiger partial charge in [0, 0.05) is 29.0 Å². The van der Waals surface area contributed by atoms with Crippen LogP contribution in [0, 0.1) is 0 Å². The number of furan rings is 1. The van der Waals surface area contributed by atoms with Crippen LogP contribution in [0.1, 0.15) is 16.1 Å². The van der Waals surface area contributed by atoms with Crippen LogP contribution in [-0.4, -0.2) is 18.0 Å². The van der Waals surface area contributed by atoms with Gasteiger partial charge in [0.05, 0.1) is 12.3 Å². The Hall–Kier alpha value is -2.96. The fourth-order valence-corrected chi connectivity index (χ4v) is 3.51. The number of para-hydroxylation sites is 1. The van der Waals surface area contributed by atoms with Gasteiger partial charge in [-0.05, 0) is 6.07 Å². The lowest BCUT2D eigenvalue weighted by Crippen LogP contribution is -2.13. The molecule has 0 unspecified atom stereocenters. The van der Waals surface area contributed by atoms with Crippen LogP contribution < -0.4 is 5.32 Å². The molecule has 0 saturated carbocycles. The smallest absolute Gasteiger partial charge is 0.293 e. The number of carbonyl (C=O) groups is 1. The van der Waals surface area contributed by atoms with Gasteiger partial charge >= 0.3 is 0 Å². The van der Waals surface area contributed by atoms with Crippen LogP contribution in [0.15, 0.2) is 64.4 Å². The molecule has 1 amide bonds. The molecule has 0 atom stereocenters. The van der Waals surface area contributed by atoms with E-state index in [0.29, 0.717) is 17.3 Å². The summed E-state index contributed by atoms with van der Waals surface area (Å²) in [5.41, 5.74) is 3.23. The Kier molecular flexibility index (Phi) is 4.51. The van der Waals surface area contributed by atoms with Crippen molar-refractivity contribution >= 4 is 33.3 Å². The maximum atomic E-state index is 12.7. The average molecular weight is 364 g/mol. The monoisotopic (exact) mass is 364 g/mol. The van der Waals surface area contributed by atoms with Gasteiger partial charge in [-0.25, -0.2) is 4.98 Å². The first-order valence-electron chi connectivity index (χ1n) is 8.08. The van der Waals surface area contributed by atoms with Crippen molar-refractivity contribution in [3.8, 4) is 11.3 Å². The van der Waals surface area contributed by atoms with Crippen LogP contribution in [0.3, 0.4) is 0 Å². The molecule has 0 spiro atoms. The van der Waals surface area contributed by atoms with Crippen molar-refractivity contribution in [2.24, 2.45) is 0 Å². The molecule has 0 fully saturated rings. The van der Waals surface area contributed by atoms with Crippen LogP contribution in [-0.2, 0) is 11.3 Å². The Morgan fingerprint density at radius 3 is 2.73 bits per heavy atom. The predicted octanol–water partition coefficient (Wildman–Crippen LogP) is 4.96. The number of hydrogen-bond acceptors (Lipinski definition) is 5. The summed E-state index contributed by atoms with van der Waals surface area (Å²) in [7, 11) is 1.59. The number of thiazole rings is 1. The molecular formula is C20H16N2O3S. The number of hydrogen-bond donors (Lipinski definition) is 1. The number of aromatic nitrogens is 1. The second-order valence-corrected chi connectivity index (χ2v) is 6.56. The first kappa shape index (κ1) is 16.5. The standard InChI is InChI=1S/C20H16N2O3S/c1-24-11-15-14-9-5-6-10-17(14)25-18(15)19(23)22-20-21-16(12-26-20)13-7-3-2-4-8-13/h2-10,12H,11H2,1H3,(H,21,22,23). The number of fused-ring (bicyclic) bond motifs is 1. The number of rotatable bonds is 5. The summed E-state index contributed by atoms with van der Waals surface area (Å²) in [6.07, 6.45) is 0. The predicted molar refractivity (Wildman–Crippen MR) is 102 cm³/mol. The summed E-state index contributed by atoms with van der Waals surface area (Å²) in [5.74, 6) is -0.0771. The highest BCUT2D eigenvalue weighted by atomic mass is 32.1. The van der Waals surface area contributed by atoms with Gasteiger partial charge in [-0.3, -0.25) is 10.1 Å². The molecule has 26 heavy (non-hydrogen) atoms. The molecule has 0 bridgehead atoms. The fraction of sp³-hybridized carbons (Fsp3) is 0.100. The number of carbonyl (C=O) groups excluding carboxylic acids is 1. The highest BCUT2D eigenvalue weighted by Crippen LogP contribution is 2.29. The number of nitrogens with one attached hydrogen (secondary N) is 1. The molecule has 0 aliphatic carbocycles. The van der Waals surface area contributed by atoms with Crippen molar-refractivity contribution in [3.63, 3.8) is 0 Å². The van der Waals surface area contributed by atoms with Crippen LogP contribution in [0.4, 0.5) is 5.13 Å². The lowest BCUT2D eigenvalue weighted by atomic mass is 10.1. The van der Waals surface area contributed by atoms with Crippen molar-refractivity contribution in [1.29, 1.82) is 0 Å². The molecule has 4 rings (SSSR count).